The van der Waals surface area contributed by atoms with E-state index in [0.29, 0.717) is 6.23 Å². The highest BCUT2D eigenvalue weighted by molar-refractivity contribution is 6.08. The first-order chi connectivity index (χ1) is 4.84. The van der Waals surface area contributed by atoms with E-state index in [9.17, 15) is 4.79 Å². The van der Waals surface area contributed by atoms with Gasteiger partial charge in [-0.25, -0.2) is 0 Å². The molecular weight excluding hydrogens is 144 g/mol. The normalized spacial score (nSPS) is 19.3. The van der Waals surface area contributed by atoms with Crippen LogP contribution in [0.2, 0.25) is 0 Å². The molecule has 10 heavy (non-hydrogen) atoms. The highest BCUT2D eigenvalue weighted by Gasteiger charge is 2.23. The van der Waals surface area contributed by atoms with Crippen molar-refractivity contribution in [1.29, 1.82) is 0 Å². The molecule has 0 bridgehead atoms. The maximum absolute atomic E-state index is 11.0. The van der Waals surface area contributed by atoms with Gasteiger partial charge in [0, 0.05) is 0 Å². The molecule has 2 nitrogen and oxygen atoms in total. The lowest BCUT2D eigenvalue weighted by molar-refractivity contribution is -0.146. The summed E-state index contributed by atoms with van der Waals surface area (Å²) in [6, 6.07) is 0. The average Bonchev–Trinajstić information content (AvgIpc) is 2.38. The van der Waals surface area contributed by atoms with Gasteiger partial charge >= 0.3 is 5.97 Å². The molecule has 0 aromatic rings. The molecule has 0 spiro atoms. The average molecular weight is 155 g/mol. The SMILES string of the molecule is O=C(OC[Si])C1CCCC1. The van der Waals surface area contributed by atoms with Crippen LogP contribution in [-0.4, -0.2) is 22.4 Å². The molecule has 0 atom stereocenters. The Balaban J connectivity index is 2.25. The Morgan fingerprint density at radius 1 is 1.50 bits per heavy atom. The Labute approximate surface area is 64.4 Å². The molecule has 0 aromatic carbocycles. The summed E-state index contributed by atoms with van der Waals surface area (Å²) in [6.07, 6.45) is 4.73. The smallest absolute Gasteiger partial charge is 0.308 e. The van der Waals surface area contributed by atoms with Gasteiger partial charge < -0.3 is 4.74 Å². The molecule has 55 valence electrons. The first kappa shape index (κ1) is 7.79. The lowest BCUT2D eigenvalue weighted by Crippen LogP contribution is -2.15. The Hall–Kier alpha value is -0.313. The largest absolute Gasteiger partial charge is 0.470 e. The fraction of sp³-hybridized carbons (Fsp3) is 0.857. The Bertz CT molecular complexity index is 119. The summed E-state index contributed by atoms with van der Waals surface area (Å²) in [7, 11) is 3.10. The van der Waals surface area contributed by atoms with Crippen molar-refractivity contribution < 1.29 is 9.53 Å². The van der Waals surface area contributed by atoms with Crippen LogP contribution >= 0.6 is 0 Å². The van der Waals surface area contributed by atoms with E-state index in [2.05, 4.69) is 10.2 Å². The minimum absolute atomic E-state index is 0.0347. The predicted octanol–water partition coefficient (Wildman–Crippen LogP) is 0.846. The van der Waals surface area contributed by atoms with E-state index < -0.39 is 0 Å². The lowest BCUT2D eigenvalue weighted by Gasteiger charge is -2.06. The third-order valence-electron chi connectivity index (χ3n) is 1.90. The molecule has 0 N–H and O–H groups in total. The van der Waals surface area contributed by atoms with Crippen LogP contribution in [0.4, 0.5) is 0 Å². The first-order valence-electron chi connectivity index (χ1n) is 3.66. The molecule has 0 aromatic heterocycles. The van der Waals surface area contributed by atoms with Gasteiger partial charge in [0.2, 0.25) is 0 Å². The Kier molecular flexibility index (Phi) is 2.93. The van der Waals surface area contributed by atoms with Crippen LogP contribution in [0.5, 0.6) is 0 Å². The number of hydrogen-bond donors (Lipinski definition) is 0. The molecule has 1 fully saturated rings. The van der Waals surface area contributed by atoms with Crippen LogP contribution in [0.25, 0.3) is 0 Å². The monoisotopic (exact) mass is 155 g/mol. The van der Waals surface area contributed by atoms with Crippen LogP contribution in [0, 0.1) is 5.92 Å². The second kappa shape index (κ2) is 3.76. The van der Waals surface area contributed by atoms with Crippen LogP contribution in [0.1, 0.15) is 25.7 Å². The molecule has 1 saturated carbocycles. The summed E-state index contributed by atoms with van der Waals surface area (Å²) in [5, 5.41) is 0. The van der Waals surface area contributed by atoms with E-state index in [4.69, 9.17) is 4.74 Å². The minimum atomic E-state index is -0.0347. The van der Waals surface area contributed by atoms with Gasteiger partial charge in [-0.1, -0.05) is 12.8 Å². The second-order valence-electron chi connectivity index (χ2n) is 2.59. The van der Waals surface area contributed by atoms with Crippen molar-refractivity contribution in [3.8, 4) is 0 Å². The first-order valence-corrected chi connectivity index (χ1v) is 4.36. The van der Waals surface area contributed by atoms with Crippen LogP contribution in [-0.2, 0) is 9.53 Å². The van der Waals surface area contributed by atoms with E-state index in [-0.39, 0.29) is 11.9 Å². The van der Waals surface area contributed by atoms with E-state index >= 15 is 0 Å². The number of rotatable bonds is 2. The van der Waals surface area contributed by atoms with Gasteiger partial charge in [-0.2, -0.15) is 0 Å². The van der Waals surface area contributed by atoms with Gasteiger partial charge in [-0.15, -0.1) is 0 Å². The van der Waals surface area contributed by atoms with E-state index in [1.807, 2.05) is 0 Å². The van der Waals surface area contributed by atoms with Gasteiger partial charge in [-0.05, 0) is 12.8 Å². The van der Waals surface area contributed by atoms with Gasteiger partial charge in [0.25, 0.3) is 0 Å². The highest BCUT2D eigenvalue weighted by Crippen LogP contribution is 2.25. The maximum atomic E-state index is 11.0. The summed E-state index contributed by atoms with van der Waals surface area (Å²) in [4.78, 5) is 11.0. The number of hydrogen-bond acceptors (Lipinski definition) is 2. The third kappa shape index (κ3) is 1.83. The van der Waals surface area contributed by atoms with Crippen molar-refractivity contribution in [2.75, 3.05) is 6.23 Å². The molecule has 0 saturated heterocycles. The summed E-state index contributed by atoms with van der Waals surface area (Å²) in [6.45, 7) is 0. The topological polar surface area (TPSA) is 26.3 Å². The second-order valence-corrected chi connectivity index (χ2v) is 2.88. The molecule has 0 unspecified atom stereocenters. The van der Waals surface area contributed by atoms with Crippen LogP contribution < -0.4 is 0 Å². The number of carbonyl (C=O) groups is 1. The van der Waals surface area contributed by atoms with E-state index in [1.165, 1.54) is 12.8 Å². The highest BCUT2D eigenvalue weighted by atomic mass is 28.1. The van der Waals surface area contributed by atoms with Crippen molar-refractivity contribution in [3.05, 3.63) is 0 Å². The summed E-state index contributed by atoms with van der Waals surface area (Å²) < 4.78 is 4.80. The quantitative estimate of drug-likeness (QED) is 0.436. The zero-order valence-corrected chi connectivity index (χ0v) is 6.93. The lowest BCUT2D eigenvalue weighted by atomic mass is 10.1. The number of esters is 1. The van der Waals surface area contributed by atoms with E-state index in [1.54, 1.807) is 0 Å². The van der Waals surface area contributed by atoms with Crippen molar-refractivity contribution in [3.63, 3.8) is 0 Å². The molecule has 0 aliphatic heterocycles. The molecule has 1 aliphatic rings. The fourth-order valence-electron chi connectivity index (χ4n) is 1.35. The molecule has 1 aliphatic carbocycles. The van der Waals surface area contributed by atoms with Gasteiger partial charge in [0.05, 0.1) is 22.4 Å². The molecule has 0 amide bonds. The van der Waals surface area contributed by atoms with Gasteiger partial charge in [-0.3, -0.25) is 4.79 Å². The predicted molar refractivity (Wildman–Crippen MR) is 38.7 cm³/mol. The maximum Gasteiger partial charge on any atom is 0.308 e. The molecule has 1 rings (SSSR count). The van der Waals surface area contributed by atoms with Crippen molar-refractivity contribution in [2.24, 2.45) is 5.92 Å². The van der Waals surface area contributed by atoms with Crippen molar-refractivity contribution >= 4 is 16.2 Å². The number of carbonyl (C=O) groups excluding carboxylic acids is 1. The van der Waals surface area contributed by atoms with E-state index in [0.717, 1.165) is 12.8 Å². The Morgan fingerprint density at radius 2 is 2.10 bits per heavy atom. The number of ether oxygens (including phenoxy) is 1. The van der Waals surface area contributed by atoms with Crippen molar-refractivity contribution in [2.45, 2.75) is 25.7 Å². The fourth-order valence-corrected chi connectivity index (χ4v) is 1.49. The van der Waals surface area contributed by atoms with Crippen LogP contribution in [0.3, 0.4) is 0 Å². The third-order valence-corrected chi connectivity index (χ3v) is 2.05. The standard InChI is InChI=1S/C7H11O2Si/c8-7(9-5-10)6-3-1-2-4-6/h6H,1-5H2. The summed E-state index contributed by atoms with van der Waals surface area (Å²) >= 11 is 0. The zero-order chi connectivity index (χ0) is 7.40. The van der Waals surface area contributed by atoms with Crippen LogP contribution in [0.15, 0.2) is 0 Å². The molecule has 3 radical (unpaired) electrons. The zero-order valence-electron chi connectivity index (χ0n) is 5.93. The summed E-state index contributed by atoms with van der Waals surface area (Å²) in [5.74, 6) is 0.156. The van der Waals surface area contributed by atoms with Gasteiger partial charge in [0.15, 0.2) is 0 Å². The van der Waals surface area contributed by atoms with Crippen molar-refractivity contribution in [1.82, 2.24) is 0 Å². The molecular formula is C7H11O2Si. The summed E-state index contributed by atoms with van der Waals surface area (Å²) in [5.41, 5.74) is 0. The Morgan fingerprint density at radius 3 is 2.60 bits per heavy atom. The molecule has 0 heterocycles. The van der Waals surface area contributed by atoms with Gasteiger partial charge in [0.1, 0.15) is 0 Å². The minimum Gasteiger partial charge on any atom is -0.470 e. The molecule has 3 heteroatoms.